The number of carbonyl (C=O) groups is 2. The van der Waals surface area contributed by atoms with Crippen LogP contribution in [0.25, 0.3) is 0 Å². The van der Waals surface area contributed by atoms with Gasteiger partial charge in [-0.2, -0.15) is 0 Å². The van der Waals surface area contributed by atoms with Gasteiger partial charge in [-0.3, -0.25) is 9.59 Å². The van der Waals surface area contributed by atoms with E-state index in [1.807, 2.05) is 0 Å². The predicted octanol–water partition coefficient (Wildman–Crippen LogP) is -0.456. The minimum absolute atomic E-state index is 0.0516. The van der Waals surface area contributed by atoms with Crippen LogP contribution >= 0.6 is 0 Å². The molecular weight excluding hydrogens is 260 g/mol. The predicted molar refractivity (Wildman–Crippen MR) is 69.8 cm³/mol. The topological polar surface area (TPSA) is 75.6 Å². The van der Waals surface area contributed by atoms with Crippen molar-refractivity contribution in [3.05, 3.63) is 18.7 Å². The van der Waals surface area contributed by atoms with E-state index in [-0.39, 0.29) is 30.3 Å². The van der Waals surface area contributed by atoms with Crippen LogP contribution in [0, 0.1) is 11.8 Å². The third kappa shape index (κ3) is 2.14. The maximum Gasteiger partial charge on any atom is 0.248 e. The maximum atomic E-state index is 12.4. The summed E-state index contributed by atoms with van der Waals surface area (Å²) >= 11 is 0. The van der Waals surface area contributed by atoms with Gasteiger partial charge >= 0.3 is 0 Å². The van der Waals surface area contributed by atoms with Gasteiger partial charge in [0.2, 0.25) is 11.8 Å². The summed E-state index contributed by atoms with van der Waals surface area (Å²) in [6.45, 7) is 1.79. The van der Waals surface area contributed by atoms with Crippen molar-refractivity contribution >= 4 is 17.5 Å². The van der Waals surface area contributed by atoms with Gasteiger partial charge in [0.25, 0.3) is 0 Å². The largest absolute Gasteiger partial charge is 0.375 e. The molecule has 2 aliphatic heterocycles. The molecule has 0 aliphatic carbocycles. The Labute approximate surface area is 116 Å². The van der Waals surface area contributed by atoms with Crippen molar-refractivity contribution in [1.82, 2.24) is 14.9 Å². The van der Waals surface area contributed by atoms with E-state index < -0.39 is 0 Å². The number of hydrogen-bond acceptors (Lipinski definition) is 5. The fourth-order valence-corrected chi connectivity index (χ4v) is 2.94. The molecule has 0 spiro atoms. The molecule has 0 radical (unpaired) electrons. The average Bonchev–Trinajstić information content (AvgIpc) is 3.00. The average molecular weight is 276 g/mol. The summed E-state index contributed by atoms with van der Waals surface area (Å²) in [6.07, 6.45) is 4.72. The van der Waals surface area contributed by atoms with Gasteiger partial charge in [0.05, 0.1) is 24.0 Å². The zero-order valence-electron chi connectivity index (χ0n) is 11.2. The molecule has 0 saturated carbocycles. The molecule has 0 aromatic carbocycles. The number of ether oxygens (including phenoxy) is 1. The van der Waals surface area contributed by atoms with E-state index in [1.165, 1.54) is 13.4 Å². The minimum atomic E-state index is -0.115. The molecule has 0 bridgehead atoms. The van der Waals surface area contributed by atoms with Gasteiger partial charge in [0.15, 0.2) is 0 Å². The van der Waals surface area contributed by atoms with Gasteiger partial charge in [-0.25, -0.2) is 9.97 Å². The number of hydrogen-bond donors (Lipinski definition) is 0. The quantitative estimate of drug-likeness (QED) is 0.747. The van der Waals surface area contributed by atoms with Crippen molar-refractivity contribution in [3.8, 4) is 0 Å². The normalized spacial score (nSPS) is 25.1. The van der Waals surface area contributed by atoms with E-state index in [0.29, 0.717) is 19.6 Å². The van der Waals surface area contributed by atoms with Gasteiger partial charge in [0.1, 0.15) is 12.9 Å². The molecule has 2 atom stereocenters. The first-order valence-corrected chi connectivity index (χ1v) is 6.54. The molecule has 2 amide bonds. The smallest absolute Gasteiger partial charge is 0.248 e. The van der Waals surface area contributed by atoms with Crippen molar-refractivity contribution in [1.29, 1.82) is 0 Å². The second-order valence-electron chi connectivity index (χ2n) is 5.14. The lowest BCUT2D eigenvalue weighted by Crippen LogP contribution is -2.37. The zero-order valence-corrected chi connectivity index (χ0v) is 11.2. The van der Waals surface area contributed by atoms with Crippen LogP contribution in [0.3, 0.4) is 0 Å². The van der Waals surface area contributed by atoms with E-state index in [4.69, 9.17) is 4.74 Å². The van der Waals surface area contributed by atoms with Crippen LogP contribution in [0.1, 0.15) is 0 Å². The van der Waals surface area contributed by atoms with Crippen LogP contribution in [0.15, 0.2) is 18.7 Å². The van der Waals surface area contributed by atoms with E-state index in [9.17, 15) is 9.59 Å². The monoisotopic (exact) mass is 276 g/mol. The highest BCUT2D eigenvalue weighted by atomic mass is 16.5. The van der Waals surface area contributed by atoms with Crippen LogP contribution < -0.4 is 4.90 Å². The Morgan fingerprint density at radius 3 is 2.75 bits per heavy atom. The lowest BCUT2D eigenvalue weighted by molar-refractivity contribution is -0.134. The maximum absolute atomic E-state index is 12.4. The first-order chi connectivity index (χ1) is 9.70. The molecule has 20 heavy (non-hydrogen) atoms. The molecule has 3 rings (SSSR count). The number of anilines is 1. The molecule has 2 saturated heterocycles. The Morgan fingerprint density at radius 2 is 2.10 bits per heavy atom. The molecule has 1 aromatic rings. The first-order valence-electron chi connectivity index (χ1n) is 6.54. The number of fused-ring (bicyclic) bond motifs is 1. The van der Waals surface area contributed by atoms with E-state index in [1.54, 1.807) is 22.2 Å². The van der Waals surface area contributed by atoms with Gasteiger partial charge in [0, 0.05) is 32.7 Å². The fraction of sp³-hybridized carbons (Fsp3) is 0.538. The number of nitrogens with zero attached hydrogens (tertiary/aromatic N) is 4. The molecule has 0 N–H and O–H groups in total. The number of likely N-dealkylation sites (tertiary alicyclic amines) is 1. The third-order valence-corrected chi connectivity index (χ3v) is 3.92. The second kappa shape index (κ2) is 5.16. The van der Waals surface area contributed by atoms with E-state index in [0.717, 1.165) is 5.69 Å². The van der Waals surface area contributed by atoms with Crippen LogP contribution in [0.2, 0.25) is 0 Å². The standard InChI is InChI=1S/C13H16N4O3/c1-20-7-12(18)16-4-9-5-17(13(19)11(9)6-16)10-2-14-8-15-3-10/h2-3,8-9,11H,4-7H2,1H3/t9-,11-/m0/s1. The Hall–Kier alpha value is -2.02. The van der Waals surface area contributed by atoms with Crippen molar-refractivity contribution in [2.24, 2.45) is 11.8 Å². The number of rotatable bonds is 3. The summed E-state index contributed by atoms with van der Waals surface area (Å²) in [7, 11) is 1.50. The highest BCUT2D eigenvalue weighted by Crippen LogP contribution is 2.34. The SMILES string of the molecule is COCC(=O)N1C[C@H]2CN(c3cncnc3)C(=O)[C@H]2C1. The number of methoxy groups -OCH3 is 1. The number of aromatic nitrogens is 2. The highest BCUT2D eigenvalue weighted by molar-refractivity contribution is 5.98. The molecule has 7 nitrogen and oxygen atoms in total. The molecule has 1 aromatic heterocycles. The molecule has 106 valence electrons. The summed E-state index contributed by atoms with van der Waals surface area (Å²) in [5.74, 6) is 0.0707. The molecule has 7 heteroatoms. The van der Waals surface area contributed by atoms with Crippen molar-refractivity contribution in [3.63, 3.8) is 0 Å². The van der Waals surface area contributed by atoms with Gasteiger partial charge in [-0.1, -0.05) is 0 Å². The molecule has 2 fully saturated rings. The summed E-state index contributed by atoms with van der Waals surface area (Å²) < 4.78 is 4.85. The van der Waals surface area contributed by atoms with E-state index in [2.05, 4.69) is 9.97 Å². The van der Waals surface area contributed by atoms with Crippen LogP contribution in [0.5, 0.6) is 0 Å². The third-order valence-electron chi connectivity index (χ3n) is 3.92. The van der Waals surface area contributed by atoms with Gasteiger partial charge in [-0.15, -0.1) is 0 Å². The second-order valence-corrected chi connectivity index (χ2v) is 5.14. The first kappa shape index (κ1) is 13.0. The van der Waals surface area contributed by atoms with Crippen LogP contribution in [-0.4, -0.2) is 60.0 Å². The molecule has 3 heterocycles. The van der Waals surface area contributed by atoms with Gasteiger partial charge < -0.3 is 14.5 Å². The summed E-state index contributed by atoms with van der Waals surface area (Å²) in [4.78, 5) is 35.5. The molecule has 0 unspecified atom stereocenters. The Kier molecular flexibility index (Phi) is 3.35. The number of carbonyl (C=O) groups excluding carboxylic acids is 2. The Balaban J connectivity index is 1.70. The number of amides is 2. The summed E-state index contributed by atoms with van der Waals surface area (Å²) in [5, 5.41) is 0. The van der Waals surface area contributed by atoms with E-state index >= 15 is 0 Å². The zero-order chi connectivity index (χ0) is 14.1. The molecule has 2 aliphatic rings. The van der Waals surface area contributed by atoms with Gasteiger partial charge in [-0.05, 0) is 0 Å². The lowest BCUT2D eigenvalue weighted by Gasteiger charge is -2.21. The summed E-state index contributed by atoms with van der Waals surface area (Å²) in [5.41, 5.74) is 0.724. The fourth-order valence-electron chi connectivity index (χ4n) is 2.94. The molecular formula is C13H16N4O3. The highest BCUT2D eigenvalue weighted by Gasteiger charge is 2.47. The Bertz CT molecular complexity index is 522. The minimum Gasteiger partial charge on any atom is -0.375 e. The Morgan fingerprint density at radius 1 is 1.35 bits per heavy atom. The van der Waals surface area contributed by atoms with Crippen molar-refractivity contribution in [2.45, 2.75) is 0 Å². The lowest BCUT2D eigenvalue weighted by atomic mass is 10.0. The van der Waals surface area contributed by atoms with Crippen LogP contribution in [-0.2, 0) is 14.3 Å². The van der Waals surface area contributed by atoms with Crippen molar-refractivity contribution < 1.29 is 14.3 Å². The summed E-state index contributed by atoms with van der Waals surface area (Å²) in [6, 6.07) is 0. The van der Waals surface area contributed by atoms with Crippen molar-refractivity contribution in [2.75, 3.05) is 38.3 Å². The van der Waals surface area contributed by atoms with Crippen LogP contribution in [0.4, 0.5) is 5.69 Å².